The van der Waals surface area contributed by atoms with Gasteiger partial charge in [0.15, 0.2) is 6.10 Å². The Morgan fingerprint density at radius 2 is 2.14 bits per heavy atom. The molecule has 0 bridgehead atoms. The first-order chi connectivity index (χ1) is 6.70. The molecule has 0 spiro atoms. The summed E-state index contributed by atoms with van der Waals surface area (Å²) in [6.45, 7) is 2.65. The third-order valence-corrected chi connectivity index (χ3v) is 2.07. The molecular weight excluding hydrogens is 184 g/mol. The maximum atomic E-state index is 9.52. The van der Waals surface area contributed by atoms with Gasteiger partial charge in [0.05, 0.1) is 13.2 Å². The first-order valence-electron chi connectivity index (χ1n) is 4.69. The molecule has 0 aliphatic carbocycles. The minimum absolute atomic E-state index is 0.0352. The molecule has 0 aromatic carbocycles. The summed E-state index contributed by atoms with van der Waals surface area (Å²) in [7, 11) is 0. The van der Waals surface area contributed by atoms with Crippen LogP contribution in [-0.4, -0.2) is 33.1 Å². The number of hydrogen-bond acceptors (Lipinski definition) is 3. The fourth-order valence-electron chi connectivity index (χ4n) is 1.55. The van der Waals surface area contributed by atoms with Gasteiger partial charge in [0.25, 0.3) is 5.82 Å². The zero-order valence-corrected chi connectivity index (χ0v) is 8.30. The number of imidazole rings is 1. The minimum Gasteiger partial charge on any atom is -0.392 e. The predicted octanol–water partition coefficient (Wildman–Crippen LogP) is -1.19. The third kappa shape index (κ3) is 2.31. The van der Waals surface area contributed by atoms with Gasteiger partial charge in [-0.05, 0) is 6.92 Å². The second-order valence-corrected chi connectivity index (χ2v) is 3.17. The number of aliphatic hydroxyl groups is 3. The Morgan fingerprint density at radius 3 is 2.64 bits per heavy atom. The summed E-state index contributed by atoms with van der Waals surface area (Å²) in [5, 5.41) is 27.1. The maximum absolute atomic E-state index is 9.52. The molecule has 3 N–H and O–H groups in total. The molecule has 80 valence electrons. The summed E-state index contributed by atoms with van der Waals surface area (Å²) >= 11 is 0. The fourth-order valence-corrected chi connectivity index (χ4v) is 1.55. The molecule has 5 nitrogen and oxygen atoms in total. The summed E-state index contributed by atoms with van der Waals surface area (Å²) in [5.74, 6) is 0.702. The van der Waals surface area contributed by atoms with Crippen LogP contribution in [-0.2, 0) is 13.1 Å². The maximum Gasteiger partial charge on any atom is 0.285 e. The van der Waals surface area contributed by atoms with Crippen LogP contribution in [0.1, 0.15) is 18.9 Å². The van der Waals surface area contributed by atoms with E-state index in [1.54, 1.807) is 28.5 Å². The van der Waals surface area contributed by atoms with Crippen molar-refractivity contribution in [2.45, 2.75) is 26.1 Å². The molecule has 0 aliphatic heterocycles. The minimum atomic E-state index is -0.608. The van der Waals surface area contributed by atoms with E-state index < -0.39 is 6.10 Å². The van der Waals surface area contributed by atoms with Crippen molar-refractivity contribution in [3.63, 3.8) is 0 Å². The fraction of sp³-hybridized carbons (Fsp3) is 0.667. The molecule has 0 saturated carbocycles. The Hall–Kier alpha value is -0.910. The highest BCUT2D eigenvalue weighted by molar-refractivity contribution is 4.86. The largest absolute Gasteiger partial charge is 0.392 e. The van der Waals surface area contributed by atoms with E-state index in [0.717, 1.165) is 0 Å². The summed E-state index contributed by atoms with van der Waals surface area (Å²) in [4.78, 5) is 0. The Kier molecular flexibility index (Phi) is 4.06. The van der Waals surface area contributed by atoms with E-state index in [-0.39, 0.29) is 13.2 Å². The highest BCUT2D eigenvalue weighted by Crippen LogP contribution is 2.07. The van der Waals surface area contributed by atoms with E-state index >= 15 is 0 Å². The first-order valence-corrected chi connectivity index (χ1v) is 4.69. The lowest BCUT2D eigenvalue weighted by atomic mass is 10.3. The SMILES string of the molecule is CC(O)c1n(CCO)cc[n+]1CCO. The van der Waals surface area contributed by atoms with Gasteiger partial charge in [-0.15, -0.1) is 0 Å². The van der Waals surface area contributed by atoms with Crippen LogP contribution in [0.2, 0.25) is 0 Å². The average Bonchev–Trinajstić information content (AvgIpc) is 2.49. The Balaban J connectivity index is 2.94. The Morgan fingerprint density at radius 1 is 1.43 bits per heavy atom. The van der Waals surface area contributed by atoms with Crippen molar-refractivity contribution in [1.29, 1.82) is 0 Å². The summed E-state index contributed by atoms with van der Waals surface area (Å²) in [5.41, 5.74) is 0. The van der Waals surface area contributed by atoms with Crippen molar-refractivity contribution in [2.75, 3.05) is 13.2 Å². The molecule has 1 atom stereocenters. The monoisotopic (exact) mass is 201 g/mol. The topological polar surface area (TPSA) is 69.5 Å². The van der Waals surface area contributed by atoms with Crippen LogP contribution in [0.4, 0.5) is 0 Å². The lowest BCUT2D eigenvalue weighted by Gasteiger charge is -2.05. The number of nitrogens with zero attached hydrogens (tertiary/aromatic N) is 2. The molecular formula is C9H17N2O3+. The molecule has 0 amide bonds. The van der Waals surface area contributed by atoms with Crippen molar-refractivity contribution in [3.8, 4) is 0 Å². The molecule has 1 rings (SSSR count). The van der Waals surface area contributed by atoms with Crippen LogP contribution in [0, 0.1) is 0 Å². The van der Waals surface area contributed by atoms with Crippen molar-refractivity contribution >= 4 is 0 Å². The number of rotatable bonds is 5. The molecule has 0 fully saturated rings. The van der Waals surface area contributed by atoms with Crippen LogP contribution >= 0.6 is 0 Å². The van der Waals surface area contributed by atoms with E-state index in [4.69, 9.17) is 10.2 Å². The average molecular weight is 201 g/mol. The molecule has 1 aromatic rings. The van der Waals surface area contributed by atoms with Crippen LogP contribution < -0.4 is 4.57 Å². The lowest BCUT2D eigenvalue weighted by Crippen LogP contribution is -2.40. The molecule has 14 heavy (non-hydrogen) atoms. The summed E-state index contributed by atoms with van der Waals surface area (Å²) in [6, 6.07) is 0. The number of aliphatic hydroxyl groups excluding tert-OH is 3. The Bertz CT molecular complexity index is 260. The van der Waals surface area contributed by atoms with Gasteiger partial charge in [-0.1, -0.05) is 0 Å². The van der Waals surface area contributed by atoms with Gasteiger partial charge in [0.2, 0.25) is 0 Å². The van der Waals surface area contributed by atoms with E-state index in [2.05, 4.69) is 0 Å². The predicted molar refractivity (Wildman–Crippen MR) is 49.4 cm³/mol. The molecule has 1 heterocycles. The van der Waals surface area contributed by atoms with Gasteiger partial charge >= 0.3 is 0 Å². The quantitative estimate of drug-likeness (QED) is 0.525. The van der Waals surface area contributed by atoms with Gasteiger partial charge in [0, 0.05) is 0 Å². The lowest BCUT2D eigenvalue weighted by molar-refractivity contribution is -0.708. The highest BCUT2D eigenvalue weighted by atomic mass is 16.3. The van der Waals surface area contributed by atoms with E-state index in [1.165, 1.54) is 0 Å². The normalized spacial score (nSPS) is 13.1. The third-order valence-electron chi connectivity index (χ3n) is 2.07. The molecule has 0 aliphatic rings. The summed E-state index contributed by atoms with van der Waals surface area (Å²) < 4.78 is 3.56. The molecule has 1 unspecified atom stereocenters. The van der Waals surface area contributed by atoms with Gasteiger partial charge in [-0.25, -0.2) is 9.13 Å². The number of hydrogen-bond donors (Lipinski definition) is 3. The standard InChI is InChI=1S/C9H17N2O3/c1-8(14)9-10(4-6-12)2-3-11(9)5-7-13/h2-3,8,12-14H,4-7H2,1H3/q+1. The van der Waals surface area contributed by atoms with Crippen LogP contribution in [0.5, 0.6) is 0 Å². The zero-order chi connectivity index (χ0) is 10.6. The second-order valence-electron chi connectivity index (χ2n) is 3.17. The highest BCUT2D eigenvalue weighted by Gasteiger charge is 2.20. The van der Waals surface area contributed by atoms with E-state index in [0.29, 0.717) is 18.9 Å². The molecule has 1 aromatic heterocycles. The van der Waals surface area contributed by atoms with Crippen molar-refractivity contribution in [3.05, 3.63) is 18.2 Å². The van der Waals surface area contributed by atoms with E-state index in [1.807, 2.05) is 0 Å². The first kappa shape index (κ1) is 11.2. The van der Waals surface area contributed by atoms with Gasteiger partial charge in [-0.3, -0.25) is 0 Å². The smallest absolute Gasteiger partial charge is 0.285 e. The van der Waals surface area contributed by atoms with Crippen LogP contribution in [0.15, 0.2) is 12.4 Å². The van der Waals surface area contributed by atoms with Crippen LogP contribution in [0.3, 0.4) is 0 Å². The van der Waals surface area contributed by atoms with Gasteiger partial charge in [0.1, 0.15) is 25.5 Å². The van der Waals surface area contributed by atoms with Crippen molar-refractivity contribution < 1.29 is 19.9 Å². The van der Waals surface area contributed by atoms with Gasteiger partial charge in [-0.2, -0.15) is 0 Å². The zero-order valence-electron chi connectivity index (χ0n) is 8.30. The Labute approximate surface area is 82.9 Å². The molecule has 5 heteroatoms. The molecule has 0 radical (unpaired) electrons. The number of aromatic nitrogens is 2. The van der Waals surface area contributed by atoms with Crippen molar-refractivity contribution in [2.24, 2.45) is 0 Å². The van der Waals surface area contributed by atoms with Crippen molar-refractivity contribution in [1.82, 2.24) is 4.57 Å². The molecule has 0 saturated heterocycles. The summed E-state index contributed by atoms with van der Waals surface area (Å²) in [6.07, 6.45) is 2.96. The van der Waals surface area contributed by atoms with E-state index in [9.17, 15) is 5.11 Å². The van der Waals surface area contributed by atoms with Gasteiger partial charge < -0.3 is 15.3 Å². The second kappa shape index (κ2) is 5.09. The van der Waals surface area contributed by atoms with Crippen LogP contribution in [0.25, 0.3) is 0 Å².